The van der Waals surface area contributed by atoms with E-state index in [0.717, 1.165) is 18.7 Å². The number of hydrogen-bond acceptors (Lipinski definition) is 4. The Balaban J connectivity index is 0.00000180. The van der Waals surface area contributed by atoms with Gasteiger partial charge >= 0.3 is 0 Å². The van der Waals surface area contributed by atoms with Crippen LogP contribution in [0.2, 0.25) is 0 Å². The number of sulfonamides is 1. The van der Waals surface area contributed by atoms with E-state index in [2.05, 4.69) is 5.32 Å². The molecule has 3 aliphatic heterocycles. The van der Waals surface area contributed by atoms with Crippen LogP contribution in [0.4, 0.5) is 0 Å². The number of fused-ring (bicyclic) bond motifs is 2. The van der Waals surface area contributed by atoms with E-state index in [1.54, 1.807) is 4.31 Å². The molecule has 8 heteroatoms. The average Bonchev–Trinajstić information content (AvgIpc) is 3.01. The third-order valence-corrected chi connectivity index (χ3v) is 8.11. The Morgan fingerprint density at radius 2 is 1.70 bits per heavy atom. The molecule has 1 aromatic carbocycles. The smallest absolute Gasteiger partial charge is 0.226 e. The summed E-state index contributed by atoms with van der Waals surface area (Å²) in [6.07, 6.45) is 1.30. The Labute approximate surface area is 166 Å². The van der Waals surface area contributed by atoms with Crippen molar-refractivity contribution in [3.05, 3.63) is 35.9 Å². The van der Waals surface area contributed by atoms with Gasteiger partial charge in [0.2, 0.25) is 15.9 Å². The summed E-state index contributed by atoms with van der Waals surface area (Å²) >= 11 is 0. The number of benzene rings is 1. The second kappa shape index (κ2) is 6.72. The molecule has 6 atom stereocenters. The van der Waals surface area contributed by atoms with E-state index < -0.39 is 10.0 Å². The number of nitrogens with one attached hydrogen (secondary N) is 1. The fourth-order valence-electron chi connectivity index (χ4n) is 5.59. The maximum absolute atomic E-state index is 12.9. The van der Waals surface area contributed by atoms with E-state index in [1.807, 2.05) is 35.2 Å². The summed E-state index contributed by atoms with van der Waals surface area (Å²) in [4.78, 5) is 15.0. The Morgan fingerprint density at radius 3 is 2.33 bits per heavy atom. The Morgan fingerprint density at radius 1 is 1.04 bits per heavy atom. The largest absolute Gasteiger partial charge is 0.342 e. The fraction of sp³-hybridized carbons (Fsp3) is 0.632. The number of hydrogen-bond donors (Lipinski definition) is 1. The van der Waals surface area contributed by atoms with Crippen molar-refractivity contribution in [2.75, 3.05) is 39.0 Å². The highest BCUT2D eigenvalue weighted by atomic mass is 35.5. The van der Waals surface area contributed by atoms with Crippen molar-refractivity contribution < 1.29 is 13.2 Å². The first-order chi connectivity index (χ1) is 12.4. The first-order valence-corrected chi connectivity index (χ1v) is 11.3. The normalized spacial score (nSPS) is 37.6. The summed E-state index contributed by atoms with van der Waals surface area (Å²) in [5, 5.41) is 3.34. The molecule has 0 bridgehead atoms. The lowest BCUT2D eigenvalue weighted by Crippen LogP contribution is -2.38. The molecule has 6 nitrogen and oxygen atoms in total. The SMILES string of the molecule is CS(=O)(=O)N1C[C@H]2CN(C(=O)C3[C@H]4CNC[C@@H]34)C[C@H]2[C@@H]1c1ccccc1.Cl. The van der Waals surface area contributed by atoms with Crippen LogP contribution >= 0.6 is 12.4 Å². The molecule has 0 aromatic heterocycles. The Kier molecular flexibility index (Phi) is 4.78. The van der Waals surface area contributed by atoms with Gasteiger partial charge in [-0.1, -0.05) is 30.3 Å². The minimum atomic E-state index is -3.27. The number of piperidine rings is 1. The quantitative estimate of drug-likeness (QED) is 0.804. The lowest BCUT2D eigenvalue weighted by molar-refractivity contribution is -0.132. The third kappa shape index (κ3) is 3.09. The van der Waals surface area contributed by atoms with Crippen LogP contribution in [0.15, 0.2) is 30.3 Å². The molecule has 27 heavy (non-hydrogen) atoms. The standard InChI is InChI=1S/C19H25N3O3S.ClH/c1-26(24,25)22-10-13-9-21(19(23)17-14-7-20-8-15(14)17)11-16(13)18(22)12-5-3-2-4-6-12;/h2-6,13-18,20H,7-11H2,1H3;1H/t13-,14-,15+,16-,17?,18+;/m1./s1. The molecular weight excluding hydrogens is 386 g/mol. The Bertz CT molecular complexity index is 824. The summed E-state index contributed by atoms with van der Waals surface area (Å²) in [5.41, 5.74) is 1.03. The van der Waals surface area contributed by atoms with Gasteiger partial charge in [-0.15, -0.1) is 12.4 Å². The summed E-state index contributed by atoms with van der Waals surface area (Å²) in [6, 6.07) is 9.72. The van der Waals surface area contributed by atoms with Crippen LogP contribution in [0.3, 0.4) is 0 Å². The highest BCUT2D eigenvalue weighted by molar-refractivity contribution is 7.88. The number of carbonyl (C=O) groups excluding carboxylic acids is 1. The van der Waals surface area contributed by atoms with Crippen LogP contribution in [-0.2, 0) is 14.8 Å². The van der Waals surface area contributed by atoms with E-state index >= 15 is 0 Å². The number of halogens is 1. The van der Waals surface area contributed by atoms with Gasteiger partial charge in [0.1, 0.15) is 0 Å². The predicted molar refractivity (Wildman–Crippen MR) is 105 cm³/mol. The zero-order chi connectivity index (χ0) is 18.1. The summed E-state index contributed by atoms with van der Waals surface area (Å²) in [7, 11) is -3.27. The van der Waals surface area contributed by atoms with E-state index in [9.17, 15) is 13.2 Å². The van der Waals surface area contributed by atoms with Crippen LogP contribution in [0.1, 0.15) is 11.6 Å². The second-order valence-corrected chi connectivity index (χ2v) is 10.3. The van der Waals surface area contributed by atoms with Crippen LogP contribution in [0.5, 0.6) is 0 Å². The van der Waals surface area contributed by atoms with Crippen molar-refractivity contribution in [2.45, 2.75) is 6.04 Å². The van der Waals surface area contributed by atoms with E-state index in [1.165, 1.54) is 6.26 Å². The van der Waals surface area contributed by atoms with Crippen LogP contribution in [-0.4, -0.2) is 62.5 Å². The molecule has 4 fully saturated rings. The maximum atomic E-state index is 12.9. The first-order valence-electron chi connectivity index (χ1n) is 9.46. The lowest BCUT2D eigenvalue weighted by Gasteiger charge is -2.28. The molecule has 1 N–H and O–H groups in total. The van der Waals surface area contributed by atoms with Gasteiger partial charge in [0.05, 0.1) is 12.3 Å². The van der Waals surface area contributed by atoms with Crippen molar-refractivity contribution in [1.29, 1.82) is 0 Å². The van der Waals surface area contributed by atoms with E-state index in [4.69, 9.17) is 0 Å². The lowest BCUT2D eigenvalue weighted by atomic mass is 9.90. The molecule has 1 aromatic rings. The van der Waals surface area contributed by atoms with Gasteiger partial charge in [-0.25, -0.2) is 8.42 Å². The topological polar surface area (TPSA) is 69.7 Å². The second-order valence-electron chi connectivity index (χ2n) is 8.37. The first kappa shape index (κ1) is 19.2. The highest BCUT2D eigenvalue weighted by Crippen LogP contribution is 2.52. The van der Waals surface area contributed by atoms with Crippen molar-refractivity contribution in [3.63, 3.8) is 0 Å². The van der Waals surface area contributed by atoms with Gasteiger partial charge < -0.3 is 10.2 Å². The molecule has 5 rings (SSSR count). The number of carbonyl (C=O) groups is 1. The average molecular weight is 412 g/mol. The molecule has 1 aliphatic carbocycles. The molecule has 148 valence electrons. The molecule has 0 spiro atoms. The summed E-state index contributed by atoms with van der Waals surface area (Å²) in [6.45, 7) is 3.83. The molecule has 1 unspecified atom stereocenters. The Hall–Kier alpha value is -1.15. The van der Waals surface area contributed by atoms with Gasteiger partial charge in [0.25, 0.3) is 0 Å². The number of likely N-dealkylation sites (tertiary alicyclic amines) is 1. The highest BCUT2D eigenvalue weighted by Gasteiger charge is 2.60. The van der Waals surface area contributed by atoms with Gasteiger partial charge in [0.15, 0.2) is 0 Å². The van der Waals surface area contributed by atoms with E-state index in [-0.39, 0.29) is 36.2 Å². The zero-order valence-electron chi connectivity index (χ0n) is 15.3. The number of amides is 1. The molecular formula is C19H26ClN3O3S. The van der Waals surface area contributed by atoms with Gasteiger partial charge in [-0.05, 0) is 36.4 Å². The zero-order valence-corrected chi connectivity index (χ0v) is 17.0. The van der Waals surface area contributed by atoms with Crippen molar-refractivity contribution >= 4 is 28.3 Å². The van der Waals surface area contributed by atoms with E-state index in [0.29, 0.717) is 37.4 Å². The molecule has 3 saturated heterocycles. The van der Waals surface area contributed by atoms with Crippen molar-refractivity contribution in [2.24, 2.45) is 29.6 Å². The van der Waals surface area contributed by atoms with Crippen LogP contribution in [0, 0.1) is 29.6 Å². The summed E-state index contributed by atoms with van der Waals surface area (Å²) in [5.74, 6) is 1.98. The minimum Gasteiger partial charge on any atom is -0.342 e. The monoisotopic (exact) mass is 411 g/mol. The van der Waals surface area contributed by atoms with Gasteiger partial charge in [-0.2, -0.15) is 4.31 Å². The molecule has 0 radical (unpaired) electrons. The third-order valence-electron chi connectivity index (χ3n) is 6.88. The number of nitrogens with zero attached hydrogens (tertiary/aromatic N) is 2. The molecule has 4 aliphatic rings. The minimum absolute atomic E-state index is 0. The summed E-state index contributed by atoms with van der Waals surface area (Å²) < 4.78 is 26.4. The molecule has 1 amide bonds. The van der Waals surface area contributed by atoms with Crippen LogP contribution in [0.25, 0.3) is 0 Å². The van der Waals surface area contributed by atoms with Crippen molar-refractivity contribution in [1.82, 2.24) is 14.5 Å². The predicted octanol–water partition coefficient (Wildman–Crippen LogP) is 0.965. The van der Waals surface area contributed by atoms with Crippen LogP contribution < -0.4 is 5.32 Å². The molecule has 1 saturated carbocycles. The van der Waals surface area contributed by atoms with Gasteiger partial charge in [0, 0.05) is 31.5 Å². The fourth-order valence-corrected chi connectivity index (χ4v) is 6.74. The van der Waals surface area contributed by atoms with Crippen molar-refractivity contribution in [3.8, 4) is 0 Å². The number of rotatable bonds is 3. The van der Waals surface area contributed by atoms with Gasteiger partial charge in [-0.3, -0.25) is 4.79 Å². The molecule has 3 heterocycles. The maximum Gasteiger partial charge on any atom is 0.226 e.